The van der Waals surface area contributed by atoms with Crippen LogP contribution < -0.4 is 0 Å². The monoisotopic (exact) mass is 224 g/mol. The summed E-state index contributed by atoms with van der Waals surface area (Å²) in [5.41, 5.74) is 0. The van der Waals surface area contributed by atoms with E-state index in [1.807, 2.05) is 0 Å². The van der Waals surface area contributed by atoms with Crippen molar-refractivity contribution in [1.82, 2.24) is 0 Å². The molecular weight excluding hydrogens is 216 g/mol. The zero-order chi connectivity index (χ0) is 12.3. The average Bonchev–Trinajstić information content (AvgIpc) is 2.70. The van der Waals surface area contributed by atoms with Crippen LogP contribution in [0.5, 0.6) is 0 Å². The van der Waals surface area contributed by atoms with Gasteiger partial charge in [-0.15, -0.1) is 0 Å². The third-order valence-corrected chi connectivity index (χ3v) is 2.17. The van der Waals surface area contributed by atoms with Crippen molar-refractivity contribution < 1.29 is 28.8 Å². The molecule has 2 aliphatic rings. The second-order valence-electron chi connectivity index (χ2n) is 3.35. The Bertz CT molecular complexity index is 341. The maximum Gasteiger partial charge on any atom is 0.264 e. The maximum atomic E-state index is 10.2. The molecule has 2 aliphatic carbocycles. The van der Waals surface area contributed by atoms with Gasteiger partial charge in [0.05, 0.1) is 0 Å². The van der Waals surface area contributed by atoms with Crippen molar-refractivity contribution in [3.63, 3.8) is 0 Å². The Hall–Kier alpha value is -1.98. The summed E-state index contributed by atoms with van der Waals surface area (Å²) in [5.74, 6) is -3.76. The quantitative estimate of drug-likeness (QED) is 0.487. The maximum absolute atomic E-state index is 10.2. The molecule has 0 spiro atoms. The van der Waals surface area contributed by atoms with Crippen molar-refractivity contribution in [2.45, 2.75) is 25.7 Å². The molecule has 0 bridgehead atoms. The number of ketones is 6. The van der Waals surface area contributed by atoms with Gasteiger partial charge >= 0.3 is 0 Å². The van der Waals surface area contributed by atoms with Crippen LogP contribution in [-0.4, -0.2) is 34.7 Å². The number of carbonyl (C=O) groups is 6. The summed E-state index contributed by atoms with van der Waals surface area (Å²) in [5, 5.41) is 0. The van der Waals surface area contributed by atoms with Gasteiger partial charge in [-0.25, -0.2) is 0 Å². The first-order chi connectivity index (χ1) is 7.43. The second kappa shape index (κ2) is 4.69. The Labute approximate surface area is 90.0 Å². The van der Waals surface area contributed by atoms with Gasteiger partial charge in [-0.3, -0.25) is 28.8 Å². The van der Waals surface area contributed by atoms with Gasteiger partial charge in [0.1, 0.15) is 0 Å². The fourth-order valence-electron chi connectivity index (χ4n) is 1.22. The number of carbonyl (C=O) groups excluding carboxylic acids is 6. The normalized spacial score (nSPS) is 20.2. The lowest BCUT2D eigenvalue weighted by Crippen LogP contribution is -2.11. The Morgan fingerprint density at radius 3 is 0.688 bits per heavy atom. The molecule has 0 aromatic rings. The molecule has 0 aromatic carbocycles. The molecule has 0 radical (unpaired) electrons. The molecule has 16 heavy (non-hydrogen) atoms. The van der Waals surface area contributed by atoms with Crippen molar-refractivity contribution in [3.05, 3.63) is 0 Å². The summed E-state index contributed by atoms with van der Waals surface area (Å²) in [7, 11) is 0. The fourth-order valence-corrected chi connectivity index (χ4v) is 1.22. The van der Waals surface area contributed by atoms with E-state index in [-0.39, 0.29) is 25.7 Å². The van der Waals surface area contributed by atoms with Gasteiger partial charge in [0.15, 0.2) is 0 Å². The van der Waals surface area contributed by atoms with Crippen LogP contribution >= 0.6 is 0 Å². The van der Waals surface area contributed by atoms with Gasteiger partial charge in [-0.05, 0) is 0 Å². The number of Topliss-reactive ketones (excluding diaryl/α,β-unsaturated/α-hetero) is 6. The van der Waals surface area contributed by atoms with Crippen LogP contribution in [-0.2, 0) is 28.8 Å². The van der Waals surface area contributed by atoms with E-state index < -0.39 is 34.7 Å². The van der Waals surface area contributed by atoms with Crippen molar-refractivity contribution in [2.24, 2.45) is 0 Å². The second-order valence-corrected chi connectivity index (χ2v) is 3.35. The standard InChI is InChI=1S/2C5H4O3/c2*6-3-1-2-4(7)5(3)8/h2*1-2H2. The summed E-state index contributed by atoms with van der Waals surface area (Å²) in [6.07, 6.45) is 0.491. The number of hydrogen-bond donors (Lipinski definition) is 0. The van der Waals surface area contributed by atoms with Crippen LogP contribution in [0, 0.1) is 0 Å². The molecular formula is C10H8O6. The minimum Gasteiger partial charge on any atom is -0.290 e. The summed E-state index contributed by atoms with van der Waals surface area (Å²) < 4.78 is 0. The summed E-state index contributed by atoms with van der Waals surface area (Å²) in [6.45, 7) is 0. The van der Waals surface area contributed by atoms with Crippen LogP contribution in [0.1, 0.15) is 25.7 Å². The Morgan fingerprint density at radius 2 is 0.625 bits per heavy atom. The van der Waals surface area contributed by atoms with Crippen LogP contribution in [0.25, 0.3) is 0 Å². The van der Waals surface area contributed by atoms with Crippen molar-refractivity contribution in [1.29, 1.82) is 0 Å². The van der Waals surface area contributed by atoms with Gasteiger partial charge in [0.2, 0.25) is 23.1 Å². The third kappa shape index (κ3) is 2.53. The summed E-state index contributed by atoms with van der Waals surface area (Å²) in [6, 6.07) is 0. The number of rotatable bonds is 0. The van der Waals surface area contributed by atoms with Crippen LogP contribution in [0.2, 0.25) is 0 Å². The first kappa shape index (κ1) is 12.1. The predicted octanol–water partition coefficient (Wildman–Crippen LogP) is -1.03. The van der Waals surface area contributed by atoms with E-state index in [1.54, 1.807) is 0 Å². The van der Waals surface area contributed by atoms with E-state index in [2.05, 4.69) is 0 Å². The Kier molecular flexibility index (Phi) is 3.55. The van der Waals surface area contributed by atoms with Gasteiger partial charge in [0.25, 0.3) is 11.6 Å². The highest BCUT2D eigenvalue weighted by Crippen LogP contribution is 2.04. The molecule has 0 atom stereocenters. The molecule has 0 heterocycles. The lowest BCUT2D eigenvalue weighted by molar-refractivity contribution is -0.140. The SMILES string of the molecule is O=C1CCC(=O)C1=O.O=C1CCC(=O)C1=O. The molecule has 6 nitrogen and oxygen atoms in total. The first-order valence-electron chi connectivity index (χ1n) is 4.64. The lowest BCUT2D eigenvalue weighted by Gasteiger charge is -1.72. The lowest BCUT2D eigenvalue weighted by atomic mass is 10.3. The molecule has 84 valence electrons. The Morgan fingerprint density at radius 1 is 0.438 bits per heavy atom. The van der Waals surface area contributed by atoms with Crippen LogP contribution in [0.4, 0.5) is 0 Å². The zero-order valence-corrected chi connectivity index (χ0v) is 8.28. The highest BCUT2D eigenvalue weighted by Gasteiger charge is 2.30. The van der Waals surface area contributed by atoms with E-state index in [1.165, 1.54) is 0 Å². The van der Waals surface area contributed by atoms with Crippen molar-refractivity contribution >= 4 is 34.7 Å². The minimum absolute atomic E-state index is 0.123. The summed E-state index contributed by atoms with van der Waals surface area (Å²) >= 11 is 0. The van der Waals surface area contributed by atoms with Gasteiger partial charge in [-0.1, -0.05) is 0 Å². The van der Waals surface area contributed by atoms with Gasteiger partial charge in [0, 0.05) is 25.7 Å². The topological polar surface area (TPSA) is 102 Å². The average molecular weight is 224 g/mol. The molecule has 2 saturated carbocycles. The molecule has 0 N–H and O–H groups in total. The highest BCUT2D eigenvalue weighted by atomic mass is 16.2. The Balaban J connectivity index is 0.000000160. The van der Waals surface area contributed by atoms with Crippen LogP contribution in [0.15, 0.2) is 0 Å². The molecule has 0 aliphatic heterocycles. The van der Waals surface area contributed by atoms with E-state index in [9.17, 15) is 28.8 Å². The first-order valence-corrected chi connectivity index (χ1v) is 4.64. The largest absolute Gasteiger partial charge is 0.290 e. The fraction of sp³-hybridized carbons (Fsp3) is 0.400. The van der Waals surface area contributed by atoms with Gasteiger partial charge in [-0.2, -0.15) is 0 Å². The predicted molar refractivity (Wildman–Crippen MR) is 48.5 cm³/mol. The van der Waals surface area contributed by atoms with Crippen molar-refractivity contribution in [3.8, 4) is 0 Å². The smallest absolute Gasteiger partial charge is 0.264 e. The van der Waals surface area contributed by atoms with Gasteiger partial charge < -0.3 is 0 Å². The van der Waals surface area contributed by atoms with Crippen molar-refractivity contribution in [2.75, 3.05) is 0 Å². The minimum atomic E-state index is -0.815. The molecule has 0 saturated heterocycles. The third-order valence-electron chi connectivity index (χ3n) is 2.17. The molecule has 0 amide bonds. The van der Waals surface area contributed by atoms with E-state index in [0.29, 0.717) is 0 Å². The van der Waals surface area contributed by atoms with E-state index >= 15 is 0 Å². The van der Waals surface area contributed by atoms with E-state index in [0.717, 1.165) is 0 Å². The number of hydrogen-bond acceptors (Lipinski definition) is 6. The molecule has 2 fully saturated rings. The highest BCUT2D eigenvalue weighted by molar-refractivity contribution is 6.67. The molecule has 6 heteroatoms. The summed E-state index contributed by atoms with van der Waals surface area (Å²) in [4.78, 5) is 61.3. The van der Waals surface area contributed by atoms with Crippen LogP contribution in [0.3, 0.4) is 0 Å². The molecule has 0 unspecified atom stereocenters. The molecule has 2 rings (SSSR count). The zero-order valence-electron chi connectivity index (χ0n) is 8.28. The molecule has 0 aromatic heterocycles. The van der Waals surface area contributed by atoms with E-state index in [4.69, 9.17) is 0 Å².